The van der Waals surface area contributed by atoms with Crippen LogP contribution in [0, 0.1) is 12.7 Å². The van der Waals surface area contributed by atoms with Gasteiger partial charge < -0.3 is 5.32 Å². The Bertz CT molecular complexity index is 837. The van der Waals surface area contributed by atoms with Crippen LogP contribution in [0.5, 0.6) is 0 Å². The number of halogens is 4. The van der Waals surface area contributed by atoms with E-state index in [9.17, 15) is 17.6 Å². The molecule has 3 rings (SSSR count). The fraction of sp³-hybridized carbons (Fsp3) is 0.118. The molecule has 0 saturated carbocycles. The number of aryl methyl sites for hydroxylation is 1. The molecule has 3 aromatic rings. The molecule has 0 aliphatic carbocycles. The van der Waals surface area contributed by atoms with E-state index in [4.69, 9.17) is 0 Å². The first-order valence-electron chi connectivity index (χ1n) is 7.00. The smallest absolute Gasteiger partial charge is 0.332 e. The zero-order chi connectivity index (χ0) is 17.3. The average Bonchev–Trinajstić information content (AvgIpc) is 2.94. The molecular formula is C17H12F4N2S. The van der Waals surface area contributed by atoms with Gasteiger partial charge in [-0.2, -0.15) is 13.2 Å². The van der Waals surface area contributed by atoms with E-state index in [1.807, 2.05) is 19.1 Å². The number of rotatable bonds is 3. The highest BCUT2D eigenvalue weighted by Gasteiger charge is 2.38. The van der Waals surface area contributed by atoms with Crippen LogP contribution in [-0.2, 0) is 6.18 Å². The number of anilines is 2. The monoisotopic (exact) mass is 352 g/mol. The second-order valence-electron chi connectivity index (χ2n) is 5.19. The van der Waals surface area contributed by atoms with Gasteiger partial charge in [0.2, 0.25) is 0 Å². The summed E-state index contributed by atoms with van der Waals surface area (Å²) in [5.41, 5.74) is 0.989. The van der Waals surface area contributed by atoms with Gasteiger partial charge in [0.1, 0.15) is 5.82 Å². The Morgan fingerprint density at radius 3 is 2.17 bits per heavy atom. The lowest BCUT2D eigenvalue weighted by atomic mass is 10.1. The number of thiazole rings is 1. The molecule has 0 bridgehead atoms. The maximum absolute atomic E-state index is 13.3. The topological polar surface area (TPSA) is 24.9 Å². The van der Waals surface area contributed by atoms with Crippen LogP contribution in [0.3, 0.4) is 0 Å². The molecular weight excluding hydrogens is 340 g/mol. The molecule has 1 aromatic heterocycles. The van der Waals surface area contributed by atoms with Gasteiger partial charge in [0.15, 0.2) is 10.8 Å². The number of benzene rings is 2. The van der Waals surface area contributed by atoms with E-state index in [-0.39, 0.29) is 15.6 Å². The fourth-order valence-corrected chi connectivity index (χ4v) is 3.13. The quantitative estimate of drug-likeness (QED) is 0.583. The summed E-state index contributed by atoms with van der Waals surface area (Å²) in [6.07, 6.45) is -4.59. The minimum absolute atomic E-state index is 0.0443. The van der Waals surface area contributed by atoms with Crippen LogP contribution in [0.1, 0.15) is 11.3 Å². The molecule has 0 aliphatic rings. The van der Waals surface area contributed by atoms with Crippen molar-refractivity contribution in [2.45, 2.75) is 13.1 Å². The van der Waals surface area contributed by atoms with Gasteiger partial charge in [0.25, 0.3) is 0 Å². The van der Waals surface area contributed by atoms with E-state index in [1.165, 1.54) is 12.1 Å². The van der Waals surface area contributed by atoms with Crippen molar-refractivity contribution < 1.29 is 17.6 Å². The molecule has 0 aliphatic heterocycles. The van der Waals surface area contributed by atoms with Crippen molar-refractivity contribution in [2.75, 3.05) is 5.32 Å². The predicted octanol–water partition coefficient (Wildman–Crippen LogP) is 6.02. The Hall–Kier alpha value is -2.41. The highest BCUT2D eigenvalue weighted by atomic mass is 32.1. The van der Waals surface area contributed by atoms with E-state index in [0.29, 0.717) is 5.69 Å². The normalized spacial score (nSPS) is 11.5. The molecule has 1 N–H and O–H groups in total. The molecule has 2 nitrogen and oxygen atoms in total. The molecule has 1 heterocycles. The maximum atomic E-state index is 13.3. The summed E-state index contributed by atoms with van der Waals surface area (Å²) in [4.78, 5) is 3.64. The van der Waals surface area contributed by atoms with Crippen molar-refractivity contribution in [1.29, 1.82) is 0 Å². The fourth-order valence-electron chi connectivity index (χ4n) is 2.12. The largest absolute Gasteiger partial charge is 0.434 e. The third kappa shape index (κ3) is 3.56. The van der Waals surface area contributed by atoms with Gasteiger partial charge in [-0.3, -0.25) is 0 Å². The van der Waals surface area contributed by atoms with Crippen LogP contribution >= 0.6 is 11.3 Å². The van der Waals surface area contributed by atoms with Crippen LogP contribution in [-0.4, -0.2) is 4.98 Å². The summed E-state index contributed by atoms with van der Waals surface area (Å²) in [6, 6.07) is 12.1. The molecule has 24 heavy (non-hydrogen) atoms. The highest BCUT2D eigenvalue weighted by molar-refractivity contribution is 7.19. The first-order chi connectivity index (χ1) is 11.3. The van der Waals surface area contributed by atoms with E-state index >= 15 is 0 Å². The van der Waals surface area contributed by atoms with Gasteiger partial charge in [-0.1, -0.05) is 41.2 Å². The number of nitrogens with zero attached hydrogens (tertiary/aromatic N) is 1. The van der Waals surface area contributed by atoms with Crippen LogP contribution < -0.4 is 5.32 Å². The minimum Gasteiger partial charge on any atom is -0.332 e. The van der Waals surface area contributed by atoms with E-state index in [0.717, 1.165) is 29.0 Å². The number of aromatic nitrogens is 1. The number of alkyl halides is 3. The highest BCUT2D eigenvalue weighted by Crippen LogP contribution is 2.42. The van der Waals surface area contributed by atoms with Gasteiger partial charge in [-0.15, -0.1) is 0 Å². The summed E-state index contributed by atoms with van der Waals surface area (Å²) in [7, 11) is 0. The summed E-state index contributed by atoms with van der Waals surface area (Å²) in [5.74, 6) is -0.505. The lowest BCUT2D eigenvalue weighted by Gasteiger charge is -2.05. The van der Waals surface area contributed by atoms with Crippen LogP contribution in [0.4, 0.5) is 28.4 Å². The van der Waals surface area contributed by atoms with Crippen molar-refractivity contribution in [3.05, 3.63) is 65.6 Å². The molecule has 0 atom stereocenters. The molecule has 2 aromatic carbocycles. The molecule has 124 valence electrons. The second-order valence-corrected chi connectivity index (χ2v) is 6.19. The first kappa shape index (κ1) is 16.4. The lowest BCUT2D eigenvalue weighted by molar-refractivity contribution is -0.140. The van der Waals surface area contributed by atoms with Gasteiger partial charge >= 0.3 is 6.18 Å². The Kier molecular flexibility index (Phi) is 4.28. The Morgan fingerprint density at radius 1 is 0.958 bits per heavy atom. The maximum Gasteiger partial charge on any atom is 0.434 e. The summed E-state index contributed by atoms with van der Waals surface area (Å²) >= 11 is 0.880. The number of nitrogens with one attached hydrogen (secondary N) is 1. The van der Waals surface area contributed by atoms with Gasteiger partial charge in [-0.25, -0.2) is 9.37 Å². The summed E-state index contributed by atoms with van der Waals surface area (Å²) in [5, 5.41) is 3.01. The molecule has 7 heteroatoms. The molecule has 0 spiro atoms. The SMILES string of the molecule is Cc1ccc(Nc2nc(C(F)(F)F)c(-c3ccc(F)cc3)s2)cc1. The standard InChI is InChI=1S/C17H12F4N2S/c1-10-2-8-13(9-3-10)22-16-23-15(17(19,20)21)14(24-16)11-4-6-12(18)7-5-11/h2-9H,1H3,(H,22,23). The van der Waals surface area contributed by atoms with Crippen molar-refractivity contribution in [3.63, 3.8) is 0 Å². The van der Waals surface area contributed by atoms with Crippen molar-refractivity contribution in [3.8, 4) is 10.4 Å². The minimum atomic E-state index is -4.59. The summed E-state index contributed by atoms with van der Waals surface area (Å²) in [6.45, 7) is 1.92. The van der Waals surface area contributed by atoms with Gasteiger partial charge in [0.05, 0.1) is 4.88 Å². The molecule has 0 saturated heterocycles. The van der Waals surface area contributed by atoms with Crippen LogP contribution in [0.2, 0.25) is 0 Å². The zero-order valence-corrected chi connectivity index (χ0v) is 13.3. The van der Waals surface area contributed by atoms with E-state index in [1.54, 1.807) is 12.1 Å². The molecule has 0 radical (unpaired) electrons. The van der Waals surface area contributed by atoms with Gasteiger partial charge in [-0.05, 0) is 36.8 Å². The molecule has 0 fully saturated rings. The third-order valence-corrected chi connectivity index (χ3v) is 4.32. The van der Waals surface area contributed by atoms with Gasteiger partial charge in [0, 0.05) is 5.69 Å². The Labute approximate surface area is 139 Å². The average molecular weight is 352 g/mol. The van der Waals surface area contributed by atoms with Crippen molar-refractivity contribution >= 4 is 22.2 Å². The molecule has 0 unspecified atom stereocenters. The first-order valence-corrected chi connectivity index (χ1v) is 7.82. The second kappa shape index (κ2) is 6.24. The van der Waals surface area contributed by atoms with E-state index in [2.05, 4.69) is 10.3 Å². The predicted molar refractivity (Wildman–Crippen MR) is 87.0 cm³/mol. The number of hydrogen-bond acceptors (Lipinski definition) is 3. The summed E-state index contributed by atoms with van der Waals surface area (Å²) < 4.78 is 52.8. The van der Waals surface area contributed by atoms with Crippen LogP contribution in [0.25, 0.3) is 10.4 Å². The lowest BCUT2D eigenvalue weighted by Crippen LogP contribution is -2.07. The Balaban J connectivity index is 2.00. The Morgan fingerprint density at radius 2 is 1.58 bits per heavy atom. The number of hydrogen-bond donors (Lipinski definition) is 1. The van der Waals surface area contributed by atoms with Crippen molar-refractivity contribution in [2.24, 2.45) is 0 Å². The zero-order valence-electron chi connectivity index (χ0n) is 12.5. The third-order valence-electron chi connectivity index (χ3n) is 3.30. The molecule has 0 amide bonds. The van der Waals surface area contributed by atoms with Crippen LogP contribution in [0.15, 0.2) is 48.5 Å². The van der Waals surface area contributed by atoms with E-state index < -0.39 is 17.7 Å². The van der Waals surface area contributed by atoms with Crippen molar-refractivity contribution in [1.82, 2.24) is 4.98 Å².